The molecule has 7 rings (SSSR count). The third kappa shape index (κ3) is 6.52. The minimum absolute atomic E-state index is 0. The third-order valence-corrected chi connectivity index (χ3v) is 9.12. The summed E-state index contributed by atoms with van der Waals surface area (Å²) in [6.07, 6.45) is 14.1. The number of anilines is 2. The highest BCUT2D eigenvalue weighted by molar-refractivity contribution is 5.92. The van der Waals surface area contributed by atoms with Gasteiger partial charge in [0, 0.05) is 62.6 Å². The van der Waals surface area contributed by atoms with Crippen LogP contribution in [0.25, 0.3) is 46.1 Å². The molecule has 2 aliphatic rings. The van der Waals surface area contributed by atoms with Gasteiger partial charge in [-0.15, -0.1) is 0 Å². The van der Waals surface area contributed by atoms with Crippen LogP contribution in [-0.4, -0.2) is 26.2 Å². The van der Waals surface area contributed by atoms with E-state index in [2.05, 4.69) is 142 Å². The first-order chi connectivity index (χ1) is 20.7. The Morgan fingerprint density at radius 1 is 0.500 bits per heavy atom. The van der Waals surface area contributed by atoms with Crippen molar-refractivity contribution in [2.45, 2.75) is 25.7 Å². The van der Waals surface area contributed by atoms with Crippen LogP contribution in [0.4, 0.5) is 11.4 Å². The molecule has 4 heterocycles. The molecule has 0 atom stereocenters. The smallest absolute Gasteiger partial charge is 0.214 e. The Bertz CT molecular complexity index is 1700. The molecule has 0 spiro atoms. The highest BCUT2D eigenvalue weighted by atomic mass is 127. The van der Waals surface area contributed by atoms with E-state index in [1.54, 1.807) is 0 Å². The van der Waals surface area contributed by atoms with Gasteiger partial charge in [-0.2, -0.15) is 9.13 Å². The molecule has 2 aromatic heterocycles. The molecule has 0 amide bonds. The summed E-state index contributed by atoms with van der Waals surface area (Å²) in [6.45, 7) is 4.57. The summed E-state index contributed by atoms with van der Waals surface area (Å²) < 4.78 is 4.62. The Labute approximate surface area is 295 Å². The van der Waals surface area contributed by atoms with Crippen molar-refractivity contribution in [2.24, 2.45) is 14.1 Å². The van der Waals surface area contributed by atoms with Crippen molar-refractivity contribution < 1.29 is 57.1 Å². The van der Waals surface area contributed by atoms with Gasteiger partial charge in [0.25, 0.3) is 0 Å². The largest absolute Gasteiger partial charge is 1.00 e. The van der Waals surface area contributed by atoms with Gasteiger partial charge in [-0.1, -0.05) is 42.5 Å². The van der Waals surface area contributed by atoms with Gasteiger partial charge >= 0.3 is 0 Å². The van der Waals surface area contributed by atoms with Crippen LogP contribution in [0.2, 0.25) is 0 Å². The second-order valence-electron chi connectivity index (χ2n) is 11.8. The molecule has 0 aliphatic carbocycles. The number of aryl methyl sites for hydroxylation is 2. The molecule has 226 valence electrons. The number of benzene rings is 3. The van der Waals surface area contributed by atoms with Crippen LogP contribution in [0.5, 0.6) is 0 Å². The van der Waals surface area contributed by atoms with Gasteiger partial charge in [0.1, 0.15) is 14.1 Å². The Hall–Kier alpha value is -2.98. The Balaban J connectivity index is 0.00000192. The molecule has 0 radical (unpaired) electrons. The fraction of sp³-hybridized carbons (Fsp3) is 0.263. The minimum Gasteiger partial charge on any atom is -1.00 e. The number of halogens is 2. The van der Waals surface area contributed by atoms with Crippen LogP contribution in [-0.2, 0) is 14.1 Å². The quantitative estimate of drug-likeness (QED) is 0.190. The van der Waals surface area contributed by atoms with E-state index in [9.17, 15) is 0 Å². The lowest BCUT2D eigenvalue weighted by Crippen LogP contribution is -3.00. The maximum Gasteiger partial charge on any atom is 0.214 e. The molecule has 3 aromatic carbocycles. The summed E-state index contributed by atoms with van der Waals surface area (Å²) in [6, 6.07) is 31.1. The predicted molar refractivity (Wildman–Crippen MR) is 177 cm³/mol. The molecule has 0 N–H and O–H groups in total. The number of nitrogens with zero attached hydrogens (tertiary/aromatic N) is 4. The maximum absolute atomic E-state index is 2.55. The van der Waals surface area contributed by atoms with Gasteiger partial charge in [-0.05, 0) is 67.2 Å². The van der Waals surface area contributed by atoms with Crippen molar-refractivity contribution in [3.8, 4) is 0 Å². The number of hydrogen-bond donors (Lipinski definition) is 0. The molecule has 2 saturated heterocycles. The van der Waals surface area contributed by atoms with Crippen LogP contribution in [0, 0.1) is 0 Å². The standard InChI is InChI=1S/C38H40N4.2HI/c1-39-31(27-37(41-22-7-8-23-41)33-14-3-5-16-35(33)39)20-18-29-12-11-13-30(26-29)19-21-32-28-38(42-24-9-10-25-42)34-15-4-6-17-36(34)40(32)2;;/h3-6,11-21,26-28H,7-10,22-25H2,1-2H3;2*1H/q+2;;/p-2/b20-18+,21-19+;;. The van der Waals surface area contributed by atoms with Crippen molar-refractivity contribution >= 4 is 57.5 Å². The molecule has 0 saturated carbocycles. The zero-order valence-corrected chi connectivity index (χ0v) is 29.9. The summed E-state index contributed by atoms with van der Waals surface area (Å²) in [4.78, 5) is 5.10. The first kappa shape index (κ1) is 32.4. The summed E-state index contributed by atoms with van der Waals surface area (Å²) >= 11 is 0. The first-order valence-corrected chi connectivity index (χ1v) is 15.5. The highest BCUT2D eigenvalue weighted by Gasteiger charge is 2.22. The fourth-order valence-corrected chi connectivity index (χ4v) is 6.76. The van der Waals surface area contributed by atoms with Gasteiger partial charge in [-0.3, -0.25) is 0 Å². The second kappa shape index (κ2) is 14.4. The van der Waals surface area contributed by atoms with E-state index in [4.69, 9.17) is 0 Å². The van der Waals surface area contributed by atoms with Crippen molar-refractivity contribution in [1.29, 1.82) is 0 Å². The van der Waals surface area contributed by atoms with Crippen LogP contribution in [0.1, 0.15) is 48.2 Å². The van der Waals surface area contributed by atoms with E-state index in [0.717, 1.165) is 26.2 Å². The van der Waals surface area contributed by atoms with Crippen LogP contribution in [0.15, 0.2) is 84.9 Å². The predicted octanol–water partition coefficient (Wildman–Crippen LogP) is 1.19. The lowest BCUT2D eigenvalue weighted by atomic mass is 10.1. The van der Waals surface area contributed by atoms with Crippen molar-refractivity contribution in [1.82, 2.24) is 0 Å². The fourth-order valence-electron chi connectivity index (χ4n) is 6.76. The number of fused-ring (bicyclic) bond motifs is 2. The Kier molecular flexibility index (Phi) is 10.6. The van der Waals surface area contributed by atoms with E-state index in [0.29, 0.717) is 0 Å². The van der Waals surface area contributed by atoms with E-state index < -0.39 is 0 Å². The van der Waals surface area contributed by atoms with Crippen molar-refractivity contribution in [3.05, 3.63) is 107 Å². The molecule has 0 unspecified atom stereocenters. The summed E-state index contributed by atoms with van der Waals surface area (Å²) in [5.41, 5.74) is 10.1. The average molecular weight is 807 g/mol. The third-order valence-electron chi connectivity index (χ3n) is 9.12. The van der Waals surface area contributed by atoms with E-state index in [1.165, 1.54) is 81.4 Å². The Morgan fingerprint density at radius 2 is 0.909 bits per heavy atom. The maximum atomic E-state index is 2.55. The normalized spacial score (nSPS) is 15.0. The monoisotopic (exact) mass is 806 g/mol. The van der Waals surface area contributed by atoms with E-state index in [1.807, 2.05) is 0 Å². The molecule has 4 nitrogen and oxygen atoms in total. The summed E-state index contributed by atoms with van der Waals surface area (Å²) in [5.74, 6) is 0. The zero-order chi connectivity index (χ0) is 28.5. The lowest BCUT2D eigenvalue weighted by Gasteiger charge is -2.19. The van der Waals surface area contributed by atoms with Crippen molar-refractivity contribution in [2.75, 3.05) is 36.0 Å². The number of pyridine rings is 2. The molecule has 6 heteroatoms. The molecule has 5 aromatic rings. The Morgan fingerprint density at radius 3 is 1.34 bits per heavy atom. The van der Waals surface area contributed by atoms with Gasteiger partial charge in [0.2, 0.25) is 22.4 Å². The van der Waals surface area contributed by atoms with Crippen LogP contribution in [0.3, 0.4) is 0 Å². The topological polar surface area (TPSA) is 14.2 Å². The second-order valence-corrected chi connectivity index (χ2v) is 11.8. The van der Waals surface area contributed by atoms with E-state index in [-0.39, 0.29) is 48.0 Å². The minimum atomic E-state index is 0. The molecular formula is C38H40I2N4. The first-order valence-electron chi connectivity index (χ1n) is 15.5. The molecule has 0 bridgehead atoms. The van der Waals surface area contributed by atoms with Crippen LogP contribution >= 0.6 is 0 Å². The SMILES string of the molecule is C[n+]1c(/C=C/c2cccc(/C=C/c3cc(N4CCCC4)c4ccccc4[n+]3C)c2)cc(N2CCCC2)c2ccccc21.[I-].[I-]. The van der Waals surface area contributed by atoms with Gasteiger partial charge in [0.15, 0.2) is 0 Å². The number of aromatic nitrogens is 2. The van der Waals surface area contributed by atoms with Crippen molar-refractivity contribution in [3.63, 3.8) is 0 Å². The average Bonchev–Trinajstić information content (AvgIpc) is 3.77. The lowest BCUT2D eigenvalue weighted by molar-refractivity contribution is -0.646. The zero-order valence-electron chi connectivity index (χ0n) is 25.6. The van der Waals surface area contributed by atoms with Gasteiger partial charge < -0.3 is 57.8 Å². The van der Waals surface area contributed by atoms with Gasteiger partial charge in [-0.25, -0.2) is 0 Å². The van der Waals surface area contributed by atoms with Gasteiger partial charge in [0.05, 0.1) is 22.1 Å². The molecular weight excluding hydrogens is 766 g/mol. The number of hydrogen-bond acceptors (Lipinski definition) is 2. The summed E-state index contributed by atoms with van der Waals surface area (Å²) in [7, 11) is 4.35. The van der Waals surface area contributed by atoms with E-state index >= 15 is 0 Å². The van der Waals surface area contributed by atoms with Crippen LogP contribution < -0.4 is 66.9 Å². The number of rotatable bonds is 6. The molecule has 2 fully saturated rings. The molecule has 2 aliphatic heterocycles. The summed E-state index contributed by atoms with van der Waals surface area (Å²) in [5, 5.41) is 2.67. The molecule has 44 heavy (non-hydrogen) atoms. The number of para-hydroxylation sites is 2. The highest BCUT2D eigenvalue weighted by Crippen LogP contribution is 2.30.